The van der Waals surface area contributed by atoms with E-state index >= 15 is 0 Å². The number of hydrogen-bond acceptors (Lipinski definition) is 5. The van der Waals surface area contributed by atoms with E-state index in [1.807, 2.05) is 80.7 Å². The predicted molar refractivity (Wildman–Crippen MR) is 162 cm³/mol. The summed E-state index contributed by atoms with van der Waals surface area (Å²) in [5.41, 5.74) is 8.30. The molecule has 0 radical (unpaired) electrons. The van der Waals surface area contributed by atoms with Crippen molar-refractivity contribution in [2.75, 3.05) is 22.6 Å². The van der Waals surface area contributed by atoms with Gasteiger partial charge in [0, 0.05) is 24.0 Å². The fraction of sp³-hybridized carbons (Fsp3) is 0.188. The van der Waals surface area contributed by atoms with E-state index in [2.05, 4.69) is 81.2 Å². The van der Waals surface area contributed by atoms with Gasteiger partial charge in [-0.2, -0.15) is 0 Å². The van der Waals surface area contributed by atoms with Crippen molar-refractivity contribution in [1.82, 2.24) is 20.6 Å². The summed E-state index contributed by atoms with van der Waals surface area (Å²) in [7, 11) is 2.02. The van der Waals surface area contributed by atoms with E-state index < -0.39 is 0 Å². The average molecular weight is 532 g/mol. The Bertz CT molecular complexity index is 1620. The second-order valence-electron chi connectivity index (χ2n) is 10.8. The van der Waals surface area contributed by atoms with Gasteiger partial charge in [-0.15, -0.1) is 5.10 Å². The smallest absolute Gasteiger partial charge is 0.323 e. The maximum atomic E-state index is 13.2. The molecule has 2 amide bonds. The van der Waals surface area contributed by atoms with Crippen LogP contribution in [0.15, 0.2) is 91.0 Å². The molecule has 8 nitrogen and oxygen atoms in total. The van der Waals surface area contributed by atoms with Crippen molar-refractivity contribution in [3.05, 3.63) is 102 Å². The number of aromatic nitrogens is 4. The minimum atomic E-state index is -0.326. The molecule has 4 aromatic carbocycles. The lowest BCUT2D eigenvalue weighted by Gasteiger charge is -2.30. The average Bonchev–Trinajstić information content (AvgIpc) is 3.48. The molecule has 1 aromatic heterocycles. The fourth-order valence-electron chi connectivity index (χ4n) is 4.76. The molecular weight excluding hydrogens is 498 g/mol. The summed E-state index contributed by atoms with van der Waals surface area (Å²) in [6.07, 6.45) is 0. The Morgan fingerprint density at radius 1 is 0.825 bits per heavy atom. The van der Waals surface area contributed by atoms with Crippen LogP contribution in [0.25, 0.3) is 22.5 Å². The maximum absolute atomic E-state index is 13.2. The lowest BCUT2D eigenvalue weighted by molar-refractivity contribution is 0.262. The maximum Gasteiger partial charge on any atom is 0.323 e. The second kappa shape index (κ2) is 11.0. The highest BCUT2D eigenvalue weighted by Crippen LogP contribution is 2.40. The molecule has 0 aliphatic carbocycles. The third kappa shape index (κ3) is 5.71. The Morgan fingerprint density at radius 3 is 2.23 bits per heavy atom. The number of aromatic amines is 1. The van der Waals surface area contributed by atoms with E-state index in [0.29, 0.717) is 11.5 Å². The first-order valence-electron chi connectivity index (χ1n) is 13.2. The number of benzene rings is 4. The molecule has 0 unspecified atom stereocenters. The molecule has 0 fully saturated rings. The number of H-pyrrole nitrogens is 1. The molecular formula is C32H33N7O. The number of para-hydroxylation sites is 1. The first-order chi connectivity index (χ1) is 19.2. The topological polar surface area (TPSA) is 98.8 Å². The Balaban J connectivity index is 1.58. The molecule has 0 aliphatic heterocycles. The standard InChI is InChI=1S/C32H33N7O/c1-21-14-17-23(18-15-21)33-31(40)34-27-20-22(24-10-6-7-11-25(24)30-35-37-38-36-30)16-19-29(27)39(5)28-13-9-8-12-26(28)32(2,3)4/h6-20H,1-5H3,(H2,33,34,40)(H,35,36,37,38). The molecule has 0 atom stereocenters. The quantitative estimate of drug-likeness (QED) is 0.210. The van der Waals surface area contributed by atoms with Crippen molar-refractivity contribution in [2.45, 2.75) is 33.1 Å². The van der Waals surface area contributed by atoms with Crippen molar-refractivity contribution < 1.29 is 4.79 Å². The summed E-state index contributed by atoms with van der Waals surface area (Å²) in [6, 6.07) is 29.7. The van der Waals surface area contributed by atoms with Crippen LogP contribution < -0.4 is 15.5 Å². The summed E-state index contributed by atoms with van der Waals surface area (Å²) in [5, 5.41) is 20.5. The molecule has 1 heterocycles. The lowest BCUT2D eigenvalue weighted by Crippen LogP contribution is -2.23. The number of carbonyl (C=O) groups excluding carboxylic acids is 1. The van der Waals surface area contributed by atoms with Crippen LogP contribution in [-0.2, 0) is 5.41 Å². The van der Waals surface area contributed by atoms with E-state index in [4.69, 9.17) is 0 Å². The van der Waals surface area contributed by atoms with Crippen LogP contribution >= 0.6 is 0 Å². The Labute approximate surface area is 234 Å². The molecule has 0 saturated heterocycles. The van der Waals surface area contributed by atoms with Gasteiger partial charge in [-0.05, 0) is 69.8 Å². The number of nitrogens with zero attached hydrogens (tertiary/aromatic N) is 4. The minimum absolute atomic E-state index is 0.0642. The number of carbonyl (C=O) groups is 1. The van der Waals surface area contributed by atoms with Crippen LogP contribution in [0.3, 0.4) is 0 Å². The van der Waals surface area contributed by atoms with E-state index in [1.54, 1.807) is 0 Å². The van der Waals surface area contributed by atoms with E-state index in [-0.39, 0.29) is 11.4 Å². The SMILES string of the molecule is Cc1ccc(NC(=O)Nc2cc(-c3ccccc3-c3nnn[nH]3)ccc2N(C)c2ccccc2C(C)(C)C)cc1. The zero-order valence-electron chi connectivity index (χ0n) is 23.4. The van der Waals surface area contributed by atoms with Gasteiger partial charge < -0.3 is 15.5 Å². The second-order valence-corrected chi connectivity index (χ2v) is 10.8. The van der Waals surface area contributed by atoms with Crippen molar-refractivity contribution in [3.63, 3.8) is 0 Å². The van der Waals surface area contributed by atoms with Gasteiger partial charge >= 0.3 is 6.03 Å². The molecule has 5 rings (SSSR count). The minimum Gasteiger partial charge on any atom is -0.343 e. The van der Waals surface area contributed by atoms with Gasteiger partial charge in [-0.25, -0.2) is 9.89 Å². The normalized spacial score (nSPS) is 11.2. The third-order valence-electron chi connectivity index (χ3n) is 6.83. The molecule has 3 N–H and O–H groups in total. The van der Waals surface area contributed by atoms with Crippen molar-refractivity contribution in [1.29, 1.82) is 0 Å². The molecule has 0 bridgehead atoms. The molecule has 0 saturated carbocycles. The zero-order valence-corrected chi connectivity index (χ0v) is 23.4. The molecule has 202 valence electrons. The summed E-state index contributed by atoms with van der Waals surface area (Å²) in [5.74, 6) is 0.572. The Morgan fingerprint density at radius 2 is 1.52 bits per heavy atom. The monoisotopic (exact) mass is 531 g/mol. The van der Waals surface area contributed by atoms with Crippen LogP contribution in [0.1, 0.15) is 31.9 Å². The predicted octanol–water partition coefficient (Wildman–Crippen LogP) is 7.55. The number of rotatable bonds is 6. The lowest BCUT2D eigenvalue weighted by atomic mass is 9.85. The molecule has 0 aliphatic rings. The van der Waals surface area contributed by atoms with Crippen molar-refractivity contribution >= 4 is 28.8 Å². The molecule has 5 aromatic rings. The first kappa shape index (κ1) is 26.6. The van der Waals surface area contributed by atoms with Gasteiger partial charge in [0.2, 0.25) is 0 Å². The molecule has 40 heavy (non-hydrogen) atoms. The molecule has 8 heteroatoms. The number of hydrogen-bond donors (Lipinski definition) is 3. The van der Waals surface area contributed by atoms with Gasteiger partial charge in [0.1, 0.15) is 0 Å². The summed E-state index contributed by atoms with van der Waals surface area (Å²) < 4.78 is 0. The summed E-state index contributed by atoms with van der Waals surface area (Å²) in [4.78, 5) is 15.4. The fourth-order valence-corrected chi connectivity index (χ4v) is 4.76. The van der Waals surface area contributed by atoms with Crippen LogP contribution in [0.5, 0.6) is 0 Å². The Hall–Kier alpha value is -4.98. The highest BCUT2D eigenvalue weighted by molar-refractivity contribution is 6.03. The van der Waals surface area contributed by atoms with Gasteiger partial charge in [0.25, 0.3) is 0 Å². The van der Waals surface area contributed by atoms with E-state index in [1.165, 1.54) is 5.56 Å². The van der Waals surface area contributed by atoms with Crippen molar-refractivity contribution in [2.24, 2.45) is 0 Å². The number of tetrazole rings is 1. The highest BCUT2D eigenvalue weighted by atomic mass is 16.2. The summed E-state index contributed by atoms with van der Waals surface area (Å²) >= 11 is 0. The third-order valence-corrected chi connectivity index (χ3v) is 6.83. The summed E-state index contributed by atoms with van der Waals surface area (Å²) in [6.45, 7) is 8.62. The number of nitrogens with one attached hydrogen (secondary N) is 3. The molecule has 0 spiro atoms. The largest absolute Gasteiger partial charge is 0.343 e. The van der Waals surface area contributed by atoms with Gasteiger partial charge in [-0.1, -0.05) is 87.0 Å². The van der Waals surface area contributed by atoms with Gasteiger partial charge in [0.05, 0.1) is 11.4 Å². The first-order valence-corrected chi connectivity index (χ1v) is 13.2. The van der Waals surface area contributed by atoms with E-state index in [0.717, 1.165) is 39.3 Å². The van der Waals surface area contributed by atoms with Crippen molar-refractivity contribution in [3.8, 4) is 22.5 Å². The number of aryl methyl sites for hydroxylation is 1. The van der Waals surface area contributed by atoms with Gasteiger partial charge in [-0.3, -0.25) is 0 Å². The number of amides is 2. The number of urea groups is 1. The highest BCUT2D eigenvalue weighted by Gasteiger charge is 2.22. The van der Waals surface area contributed by atoms with E-state index in [9.17, 15) is 4.79 Å². The van der Waals surface area contributed by atoms with Crippen LogP contribution in [0.2, 0.25) is 0 Å². The van der Waals surface area contributed by atoms with Crippen LogP contribution in [0.4, 0.5) is 27.5 Å². The van der Waals surface area contributed by atoms with Gasteiger partial charge in [0.15, 0.2) is 5.82 Å². The zero-order chi connectivity index (χ0) is 28.3. The Kier molecular flexibility index (Phi) is 7.33. The number of anilines is 4. The van der Waals surface area contributed by atoms with Crippen LogP contribution in [-0.4, -0.2) is 33.7 Å². The van der Waals surface area contributed by atoms with Crippen LogP contribution in [0, 0.1) is 6.92 Å².